The van der Waals surface area contributed by atoms with E-state index < -0.39 is 0 Å². The summed E-state index contributed by atoms with van der Waals surface area (Å²) in [7, 11) is 0. The molecule has 0 spiro atoms. The van der Waals surface area contributed by atoms with Crippen molar-refractivity contribution in [3.05, 3.63) is 33.3 Å². The molecule has 2 aromatic heterocycles. The fraction of sp³-hybridized carbons (Fsp3) is 0. The number of halogens is 1. The van der Waals surface area contributed by atoms with E-state index in [0.717, 1.165) is 10.1 Å². The summed E-state index contributed by atoms with van der Waals surface area (Å²) in [6, 6.07) is 3.58. The van der Waals surface area contributed by atoms with Gasteiger partial charge in [-0.1, -0.05) is 0 Å². The van der Waals surface area contributed by atoms with Crippen LogP contribution in [0.3, 0.4) is 0 Å². The summed E-state index contributed by atoms with van der Waals surface area (Å²) in [6.07, 6.45) is 1.62. The first-order valence-electron chi connectivity index (χ1n) is 3.13. The van der Waals surface area contributed by atoms with Crippen LogP contribution >= 0.6 is 15.9 Å². The second-order valence-electron chi connectivity index (χ2n) is 2.25. The van der Waals surface area contributed by atoms with Gasteiger partial charge in [-0.15, -0.1) is 0 Å². The molecule has 0 aromatic carbocycles. The molecule has 0 saturated carbocycles. The van der Waals surface area contributed by atoms with Crippen molar-refractivity contribution in [1.82, 2.24) is 9.97 Å². The van der Waals surface area contributed by atoms with Crippen molar-refractivity contribution in [2.45, 2.75) is 0 Å². The first-order chi connectivity index (χ1) is 5.27. The second kappa shape index (κ2) is 2.23. The number of hydrogen-bond acceptors (Lipinski definition) is 1. The van der Waals surface area contributed by atoms with Crippen molar-refractivity contribution in [3.8, 4) is 0 Å². The predicted octanol–water partition coefficient (Wildman–Crippen LogP) is 1.62. The largest absolute Gasteiger partial charge is 0.349 e. The van der Waals surface area contributed by atoms with Gasteiger partial charge in [0.25, 0.3) is 5.56 Å². The molecule has 0 bridgehead atoms. The third kappa shape index (κ3) is 0.991. The topological polar surface area (TPSA) is 48.6 Å². The van der Waals surface area contributed by atoms with E-state index in [9.17, 15) is 4.79 Å². The Kier molecular flexibility index (Phi) is 1.35. The summed E-state index contributed by atoms with van der Waals surface area (Å²) < 4.78 is 0.823. The number of aromatic nitrogens is 2. The minimum absolute atomic E-state index is 0.0653. The lowest BCUT2D eigenvalue weighted by Gasteiger charge is -1.84. The van der Waals surface area contributed by atoms with Crippen molar-refractivity contribution in [2.75, 3.05) is 0 Å². The molecule has 4 heteroatoms. The van der Waals surface area contributed by atoms with E-state index in [-0.39, 0.29) is 5.56 Å². The molecule has 0 atom stereocenters. The highest BCUT2D eigenvalue weighted by Crippen LogP contribution is 2.14. The van der Waals surface area contributed by atoms with Crippen molar-refractivity contribution < 1.29 is 0 Å². The van der Waals surface area contributed by atoms with Crippen molar-refractivity contribution in [2.24, 2.45) is 0 Å². The molecular formula is C7H5BrN2O. The Morgan fingerprint density at radius 3 is 3.00 bits per heavy atom. The van der Waals surface area contributed by atoms with E-state index in [1.165, 1.54) is 0 Å². The molecule has 3 nitrogen and oxygen atoms in total. The van der Waals surface area contributed by atoms with Gasteiger partial charge in [-0.3, -0.25) is 4.79 Å². The number of hydrogen-bond donors (Lipinski definition) is 2. The summed E-state index contributed by atoms with van der Waals surface area (Å²) in [5, 5.41) is 0.680. The lowest BCUT2D eigenvalue weighted by molar-refractivity contribution is 1.27. The molecule has 0 aliphatic rings. The number of pyridine rings is 1. The van der Waals surface area contributed by atoms with Gasteiger partial charge < -0.3 is 9.97 Å². The average Bonchev–Trinajstić information content (AvgIpc) is 2.31. The Labute approximate surface area is 70.6 Å². The fourth-order valence-corrected chi connectivity index (χ4v) is 1.48. The zero-order chi connectivity index (χ0) is 7.84. The molecule has 0 saturated heterocycles. The Bertz CT molecular complexity index is 443. The summed E-state index contributed by atoms with van der Waals surface area (Å²) in [6.45, 7) is 0. The third-order valence-electron chi connectivity index (χ3n) is 1.52. The van der Waals surface area contributed by atoms with Crippen LogP contribution in [0.15, 0.2) is 27.7 Å². The first-order valence-corrected chi connectivity index (χ1v) is 3.92. The molecule has 0 aliphatic carbocycles. The maximum atomic E-state index is 11.1. The van der Waals surface area contributed by atoms with Crippen LogP contribution in [0, 0.1) is 0 Å². The molecule has 11 heavy (non-hydrogen) atoms. The van der Waals surface area contributed by atoms with Crippen molar-refractivity contribution in [1.29, 1.82) is 0 Å². The van der Waals surface area contributed by atoms with Gasteiger partial charge in [-0.25, -0.2) is 0 Å². The average molecular weight is 213 g/mol. The zero-order valence-electron chi connectivity index (χ0n) is 5.52. The van der Waals surface area contributed by atoms with Crippen LogP contribution in [0.4, 0.5) is 0 Å². The van der Waals surface area contributed by atoms with Crippen molar-refractivity contribution >= 4 is 26.8 Å². The van der Waals surface area contributed by atoms with E-state index in [2.05, 4.69) is 25.9 Å². The number of H-pyrrole nitrogens is 2. The van der Waals surface area contributed by atoms with E-state index in [0.29, 0.717) is 5.39 Å². The van der Waals surface area contributed by atoms with E-state index in [1.807, 2.05) is 6.07 Å². The van der Waals surface area contributed by atoms with E-state index in [4.69, 9.17) is 0 Å². The van der Waals surface area contributed by atoms with E-state index >= 15 is 0 Å². The molecule has 2 N–H and O–H groups in total. The van der Waals surface area contributed by atoms with Crippen LogP contribution in [0.25, 0.3) is 10.9 Å². The summed E-state index contributed by atoms with van der Waals surface area (Å²) >= 11 is 3.25. The van der Waals surface area contributed by atoms with Gasteiger partial charge in [0.15, 0.2) is 0 Å². The van der Waals surface area contributed by atoms with Crippen LogP contribution in [0.2, 0.25) is 0 Å². The standard InChI is InChI=1S/C7H5BrN2O/c8-6-3-4-5(10-6)1-2-9-7(4)11/h1-3,10H,(H,9,11). The van der Waals surface area contributed by atoms with Crippen LogP contribution in [0.5, 0.6) is 0 Å². The molecule has 0 aliphatic heterocycles. The van der Waals surface area contributed by atoms with Gasteiger partial charge in [-0.2, -0.15) is 0 Å². The maximum Gasteiger partial charge on any atom is 0.257 e. The van der Waals surface area contributed by atoms with Crippen LogP contribution in [-0.4, -0.2) is 9.97 Å². The van der Waals surface area contributed by atoms with Crippen LogP contribution < -0.4 is 5.56 Å². The lowest BCUT2D eigenvalue weighted by Crippen LogP contribution is -2.02. The summed E-state index contributed by atoms with van der Waals surface area (Å²) in [5.74, 6) is 0. The molecular weight excluding hydrogens is 208 g/mol. The zero-order valence-corrected chi connectivity index (χ0v) is 7.10. The highest BCUT2D eigenvalue weighted by molar-refractivity contribution is 9.10. The number of aromatic amines is 2. The predicted molar refractivity (Wildman–Crippen MR) is 46.6 cm³/mol. The molecule has 0 fully saturated rings. The first kappa shape index (κ1) is 6.67. The van der Waals surface area contributed by atoms with Crippen LogP contribution in [-0.2, 0) is 0 Å². The minimum Gasteiger partial charge on any atom is -0.349 e. The Morgan fingerprint density at radius 1 is 1.45 bits per heavy atom. The highest BCUT2D eigenvalue weighted by Gasteiger charge is 1.99. The molecule has 56 valence electrons. The lowest BCUT2D eigenvalue weighted by atomic mass is 10.3. The second-order valence-corrected chi connectivity index (χ2v) is 3.11. The fourth-order valence-electron chi connectivity index (χ4n) is 1.03. The van der Waals surface area contributed by atoms with Crippen molar-refractivity contribution in [3.63, 3.8) is 0 Å². The van der Waals surface area contributed by atoms with Gasteiger partial charge >= 0.3 is 0 Å². The van der Waals surface area contributed by atoms with E-state index in [1.54, 1.807) is 12.3 Å². The molecule has 0 unspecified atom stereocenters. The normalized spacial score (nSPS) is 10.6. The van der Waals surface area contributed by atoms with Gasteiger partial charge in [0.05, 0.1) is 15.5 Å². The summed E-state index contributed by atoms with van der Waals surface area (Å²) in [5.41, 5.74) is 0.782. The maximum absolute atomic E-state index is 11.1. The molecule has 0 radical (unpaired) electrons. The minimum atomic E-state index is -0.0653. The molecule has 2 aromatic rings. The Morgan fingerprint density at radius 2 is 2.27 bits per heavy atom. The Balaban J connectivity index is 3.02. The van der Waals surface area contributed by atoms with Crippen LogP contribution in [0.1, 0.15) is 0 Å². The van der Waals surface area contributed by atoms with Gasteiger partial charge in [0.1, 0.15) is 0 Å². The smallest absolute Gasteiger partial charge is 0.257 e. The highest BCUT2D eigenvalue weighted by atomic mass is 79.9. The number of rotatable bonds is 0. The van der Waals surface area contributed by atoms with Gasteiger partial charge in [0, 0.05) is 6.20 Å². The monoisotopic (exact) mass is 212 g/mol. The SMILES string of the molecule is O=c1[nH]ccc2[nH]c(Br)cc12. The summed E-state index contributed by atoms with van der Waals surface area (Å²) in [4.78, 5) is 16.7. The molecule has 2 rings (SSSR count). The number of nitrogens with one attached hydrogen (secondary N) is 2. The van der Waals surface area contributed by atoms with Gasteiger partial charge in [-0.05, 0) is 28.1 Å². The number of fused-ring (bicyclic) bond motifs is 1. The Hall–Kier alpha value is -1.03. The quantitative estimate of drug-likeness (QED) is 0.686. The molecule has 0 amide bonds. The van der Waals surface area contributed by atoms with Gasteiger partial charge in [0.2, 0.25) is 0 Å². The third-order valence-corrected chi connectivity index (χ3v) is 1.95. The molecule has 2 heterocycles.